The molecule has 3 rings (SSSR count). The van der Waals surface area contributed by atoms with Gasteiger partial charge in [0.25, 0.3) is 0 Å². The number of methoxy groups -OCH3 is 1. The van der Waals surface area contributed by atoms with Gasteiger partial charge in [-0.25, -0.2) is 14.2 Å². The number of benzene rings is 1. The van der Waals surface area contributed by atoms with E-state index in [0.717, 1.165) is 31.6 Å². The summed E-state index contributed by atoms with van der Waals surface area (Å²) in [4.78, 5) is 12.6. The number of nitrogens with one attached hydrogen (secondary N) is 4. The van der Waals surface area contributed by atoms with E-state index in [9.17, 15) is 13.6 Å². The highest BCUT2D eigenvalue weighted by Gasteiger charge is 2.41. The first-order valence-electron chi connectivity index (χ1n) is 8.06. The molecule has 0 radical (unpaired) electrons. The summed E-state index contributed by atoms with van der Waals surface area (Å²) in [5.41, 5.74) is 6.67. The molecular weight excluding hydrogens is 354 g/mol. The van der Waals surface area contributed by atoms with E-state index in [-0.39, 0.29) is 42.9 Å². The minimum absolute atomic E-state index is 0. The molecule has 4 atom stereocenters. The average Bonchev–Trinajstić information content (AvgIpc) is 3.01. The summed E-state index contributed by atoms with van der Waals surface area (Å²) in [6, 6.07) is 2.92. The highest BCUT2D eigenvalue weighted by Crippen LogP contribution is 2.22. The van der Waals surface area contributed by atoms with Gasteiger partial charge < -0.3 is 15.4 Å². The van der Waals surface area contributed by atoms with Gasteiger partial charge in [0.05, 0.1) is 12.6 Å². The summed E-state index contributed by atoms with van der Waals surface area (Å²) >= 11 is 0. The molecule has 9 heteroatoms. The second-order valence-corrected chi connectivity index (χ2v) is 6.22. The standard InChI is InChI=1S/C16H22F2N4O2.ClH/c1-24-8-14(9-2-3-11(17)12(18)6-9)20-16(23)15-10-7-19-5-4-13(10)21-22-15;/h2-3,6,10,13-15,19,21-22H,4-5,7-8H2,1H3,(H,20,23);1H. The number of carbonyl (C=O) groups is 1. The molecule has 6 nitrogen and oxygen atoms in total. The summed E-state index contributed by atoms with van der Waals surface area (Å²) in [6.45, 7) is 1.84. The Kier molecular flexibility index (Phi) is 7.09. The van der Waals surface area contributed by atoms with Gasteiger partial charge in [-0.05, 0) is 30.7 Å². The molecule has 2 saturated heterocycles. The topological polar surface area (TPSA) is 74.4 Å². The van der Waals surface area contributed by atoms with Gasteiger partial charge in [-0.15, -0.1) is 12.4 Å². The van der Waals surface area contributed by atoms with Crippen LogP contribution in [0.15, 0.2) is 18.2 Å². The van der Waals surface area contributed by atoms with Crippen molar-refractivity contribution in [2.45, 2.75) is 24.5 Å². The zero-order valence-corrected chi connectivity index (χ0v) is 14.7. The van der Waals surface area contributed by atoms with Crippen molar-refractivity contribution in [3.63, 3.8) is 0 Å². The Hall–Kier alpha value is -1.32. The van der Waals surface area contributed by atoms with Gasteiger partial charge in [0.2, 0.25) is 5.91 Å². The summed E-state index contributed by atoms with van der Waals surface area (Å²) in [6.07, 6.45) is 0.951. The molecule has 1 aromatic carbocycles. The first-order valence-corrected chi connectivity index (χ1v) is 8.06. The molecule has 2 fully saturated rings. The van der Waals surface area contributed by atoms with E-state index in [1.54, 1.807) is 0 Å². The number of hydrogen-bond acceptors (Lipinski definition) is 5. The van der Waals surface area contributed by atoms with E-state index < -0.39 is 17.7 Å². The Morgan fingerprint density at radius 1 is 1.36 bits per heavy atom. The largest absolute Gasteiger partial charge is 0.382 e. The fourth-order valence-electron chi connectivity index (χ4n) is 3.35. The molecule has 0 saturated carbocycles. The Bertz CT molecular complexity index is 607. The lowest BCUT2D eigenvalue weighted by atomic mass is 9.89. The molecule has 25 heavy (non-hydrogen) atoms. The number of halogens is 3. The maximum absolute atomic E-state index is 13.5. The number of piperidine rings is 1. The lowest BCUT2D eigenvalue weighted by Crippen LogP contribution is -2.50. The molecule has 4 N–H and O–H groups in total. The van der Waals surface area contributed by atoms with Crippen molar-refractivity contribution in [2.75, 3.05) is 26.8 Å². The number of amides is 1. The van der Waals surface area contributed by atoms with Crippen LogP contribution in [0.25, 0.3) is 0 Å². The van der Waals surface area contributed by atoms with E-state index >= 15 is 0 Å². The molecule has 0 spiro atoms. The number of hydrazine groups is 1. The first-order chi connectivity index (χ1) is 11.6. The van der Waals surface area contributed by atoms with Crippen LogP contribution >= 0.6 is 12.4 Å². The molecule has 4 unspecified atom stereocenters. The summed E-state index contributed by atoms with van der Waals surface area (Å²) < 4.78 is 31.7. The predicted octanol–water partition coefficient (Wildman–Crippen LogP) is 0.645. The summed E-state index contributed by atoms with van der Waals surface area (Å²) in [7, 11) is 1.50. The second-order valence-electron chi connectivity index (χ2n) is 6.22. The zero-order chi connectivity index (χ0) is 17.1. The van der Waals surface area contributed by atoms with E-state index in [2.05, 4.69) is 21.5 Å². The van der Waals surface area contributed by atoms with Crippen LogP contribution in [0.3, 0.4) is 0 Å². The molecule has 2 aliphatic rings. The molecule has 0 aromatic heterocycles. The number of carbonyl (C=O) groups excluding carboxylic acids is 1. The van der Waals surface area contributed by atoms with Gasteiger partial charge >= 0.3 is 0 Å². The Balaban J connectivity index is 0.00000225. The average molecular weight is 377 g/mol. The fraction of sp³-hybridized carbons (Fsp3) is 0.562. The van der Waals surface area contributed by atoms with Crippen LogP contribution in [0.4, 0.5) is 8.78 Å². The maximum Gasteiger partial charge on any atom is 0.239 e. The van der Waals surface area contributed by atoms with Crippen molar-refractivity contribution in [3.05, 3.63) is 35.4 Å². The quantitative estimate of drug-likeness (QED) is 0.607. The van der Waals surface area contributed by atoms with Crippen molar-refractivity contribution in [1.29, 1.82) is 0 Å². The van der Waals surface area contributed by atoms with E-state index in [0.29, 0.717) is 5.56 Å². The van der Waals surface area contributed by atoms with Crippen molar-refractivity contribution >= 4 is 18.3 Å². The molecule has 1 aromatic rings. The SMILES string of the molecule is COCC(NC(=O)C1NNC2CCNCC21)c1ccc(F)c(F)c1.Cl. The van der Waals surface area contributed by atoms with Crippen LogP contribution in [0, 0.1) is 17.6 Å². The van der Waals surface area contributed by atoms with E-state index in [4.69, 9.17) is 4.74 Å². The van der Waals surface area contributed by atoms with Crippen molar-refractivity contribution < 1.29 is 18.3 Å². The molecule has 2 aliphatic heterocycles. The fourth-order valence-corrected chi connectivity index (χ4v) is 3.35. The van der Waals surface area contributed by atoms with Gasteiger partial charge in [0.15, 0.2) is 11.6 Å². The lowest BCUT2D eigenvalue weighted by Gasteiger charge is -2.28. The summed E-state index contributed by atoms with van der Waals surface area (Å²) in [5, 5.41) is 6.16. The number of ether oxygens (including phenoxy) is 1. The number of rotatable bonds is 5. The third-order valence-electron chi connectivity index (χ3n) is 4.66. The van der Waals surface area contributed by atoms with Crippen molar-refractivity contribution in [2.24, 2.45) is 5.92 Å². The van der Waals surface area contributed by atoms with Gasteiger partial charge in [0, 0.05) is 25.6 Å². The van der Waals surface area contributed by atoms with Crippen molar-refractivity contribution in [3.8, 4) is 0 Å². The van der Waals surface area contributed by atoms with E-state index in [1.165, 1.54) is 13.2 Å². The Labute approximate surface area is 151 Å². The van der Waals surface area contributed by atoms with Crippen LogP contribution in [0.1, 0.15) is 18.0 Å². The van der Waals surface area contributed by atoms with Crippen molar-refractivity contribution in [1.82, 2.24) is 21.5 Å². The van der Waals surface area contributed by atoms with Crippen LogP contribution in [-0.4, -0.2) is 44.8 Å². The molecule has 2 heterocycles. The van der Waals surface area contributed by atoms with Crippen LogP contribution in [0.5, 0.6) is 0 Å². The van der Waals surface area contributed by atoms with Crippen LogP contribution < -0.4 is 21.5 Å². The number of hydrogen-bond donors (Lipinski definition) is 4. The molecule has 140 valence electrons. The highest BCUT2D eigenvalue weighted by atomic mass is 35.5. The zero-order valence-electron chi connectivity index (χ0n) is 13.9. The Morgan fingerprint density at radius 2 is 2.16 bits per heavy atom. The monoisotopic (exact) mass is 376 g/mol. The van der Waals surface area contributed by atoms with Crippen LogP contribution in [-0.2, 0) is 9.53 Å². The predicted molar refractivity (Wildman–Crippen MR) is 91.2 cm³/mol. The second kappa shape index (κ2) is 8.86. The molecule has 1 amide bonds. The van der Waals surface area contributed by atoms with Gasteiger partial charge in [0.1, 0.15) is 6.04 Å². The van der Waals surface area contributed by atoms with Gasteiger partial charge in [-0.3, -0.25) is 10.2 Å². The minimum atomic E-state index is -0.944. The smallest absolute Gasteiger partial charge is 0.239 e. The first kappa shape index (κ1) is 20.0. The van der Waals surface area contributed by atoms with E-state index in [1.807, 2.05) is 0 Å². The molecular formula is C16H23ClF2N4O2. The number of fused-ring (bicyclic) bond motifs is 1. The highest BCUT2D eigenvalue weighted by molar-refractivity contribution is 5.85. The minimum Gasteiger partial charge on any atom is -0.382 e. The Morgan fingerprint density at radius 3 is 2.88 bits per heavy atom. The summed E-state index contributed by atoms with van der Waals surface area (Å²) in [5.74, 6) is -1.91. The molecule has 0 aliphatic carbocycles. The van der Waals surface area contributed by atoms with Gasteiger partial charge in [-0.2, -0.15) is 0 Å². The van der Waals surface area contributed by atoms with Crippen LogP contribution in [0.2, 0.25) is 0 Å². The third kappa shape index (κ3) is 4.45. The third-order valence-corrected chi connectivity index (χ3v) is 4.66. The normalized spacial score (nSPS) is 26.4. The van der Waals surface area contributed by atoms with Gasteiger partial charge in [-0.1, -0.05) is 6.07 Å². The molecule has 0 bridgehead atoms. The lowest BCUT2D eigenvalue weighted by molar-refractivity contribution is -0.125. The maximum atomic E-state index is 13.5.